The first-order valence-corrected chi connectivity index (χ1v) is 10.2. The van der Waals surface area contributed by atoms with E-state index in [9.17, 15) is 4.39 Å². The van der Waals surface area contributed by atoms with Crippen LogP contribution in [-0.4, -0.2) is 50.9 Å². The molecule has 0 atom stereocenters. The second kappa shape index (κ2) is 7.17. The van der Waals surface area contributed by atoms with E-state index in [1.807, 2.05) is 18.3 Å². The number of hydrogen-bond donors (Lipinski definition) is 1. The number of morpholine rings is 1. The Morgan fingerprint density at radius 2 is 1.81 bits per heavy atom. The smallest absolute Gasteiger partial charge is 0.181 e. The first-order chi connectivity index (χ1) is 15.3. The highest BCUT2D eigenvalue weighted by atomic mass is 19.1. The Balaban J connectivity index is 1.62. The maximum absolute atomic E-state index is 13.6. The molecule has 7 nitrogen and oxygen atoms in total. The number of hydrogen-bond acceptors (Lipinski definition) is 5. The number of nitrogens with zero attached hydrogens (tertiary/aromatic N) is 5. The molecule has 3 aromatic heterocycles. The molecule has 1 aliphatic heterocycles. The molecule has 0 bridgehead atoms. The fourth-order valence-electron chi connectivity index (χ4n) is 4.14. The fourth-order valence-corrected chi connectivity index (χ4v) is 4.14. The lowest BCUT2D eigenvalue weighted by Gasteiger charge is -2.27. The first kappa shape index (κ1) is 18.0. The highest BCUT2D eigenvalue weighted by Crippen LogP contribution is 2.36. The summed E-state index contributed by atoms with van der Waals surface area (Å²) < 4.78 is 21.2. The lowest BCUT2D eigenvalue weighted by Crippen LogP contribution is -2.37. The molecule has 1 fully saturated rings. The number of ether oxygens (including phenoxy) is 1. The van der Waals surface area contributed by atoms with Gasteiger partial charge in [0, 0.05) is 42.0 Å². The normalized spacial score (nSPS) is 14.5. The summed E-state index contributed by atoms with van der Waals surface area (Å²) in [7, 11) is 0. The van der Waals surface area contributed by atoms with Crippen molar-refractivity contribution in [3.05, 3.63) is 66.9 Å². The molecule has 31 heavy (non-hydrogen) atoms. The van der Waals surface area contributed by atoms with Gasteiger partial charge in [0.2, 0.25) is 0 Å². The Kier molecular flexibility index (Phi) is 4.17. The average molecular weight is 414 g/mol. The summed E-state index contributed by atoms with van der Waals surface area (Å²) in [5, 5.41) is 8.14. The number of halogens is 1. The molecule has 4 heterocycles. The molecule has 1 aliphatic rings. The van der Waals surface area contributed by atoms with Gasteiger partial charge in [0.15, 0.2) is 11.5 Å². The molecule has 154 valence electrons. The maximum Gasteiger partial charge on any atom is 0.181 e. The van der Waals surface area contributed by atoms with Crippen LogP contribution < -0.4 is 4.90 Å². The summed E-state index contributed by atoms with van der Waals surface area (Å²) in [6.07, 6.45) is 5.53. The van der Waals surface area contributed by atoms with Gasteiger partial charge in [-0.1, -0.05) is 6.07 Å². The van der Waals surface area contributed by atoms with Gasteiger partial charge in [0.1, 0.15) is 5.82 Å². The molecule has 0 unspecified atom stereocenters. The minimum absolute atomic E-state index is 0.274. The highest BCUT2D eigenvalue weighted by Gasteiger charge is 2.22. The zero-order valence-corrected chi connectivity index (χ0v) is 16.6. The van der Waals surface area contributed by atoms with Gasteiger partial charge < -0.3 is 9.64 Å². The van der Waals surface area contributed by atoms with Gasteiger partial charge in [-0.15, -0.1) is 0 Å². The van der Waals surface area contributed by atoms with E-state index in [1.165, 1.54) is 12.1 Å². The highest BCUT2D eigenvalue weighted by molar-refractivity contribution is 5.89. The van der Waals surface area contributed by atoms with Crippen molar-refractivity contribution >= 4 is 22.4 Å². The predicted octanol–water partition coefficient (Wildman–Crippen LogP) is 3.92. The van der Waals surface area contributed by atoms with Gasteiger partial charge >= 0.3 is 0 Å². The van der Waals surface area contributed by atoms with Gasteiger partial charge in [-0.2, -0.15) is 5.10 Å². The third kappa shape index (κ3) is 3.03. The van der Waals surface area contributed by atoms with E-state index in [4.69, 9.17) is 9.72 Å². The molecule has 0 spiro atoms. The molecule has 8 heteroatoms. The number of aromatic amines is 1. The van der Waals surface area contributed by atoms with Gasteiger partial charge in [-0.25, -0.2) is 14.4 Å². The Bertz CT molecular complexity index is 1380. The molecule has 5 aromatic rings. The molecule has 0 amide bonds. The zero-order valence-electron chi connectivity index (χ0n) is 16.6. The van der Waals surface area contributed by atoms with Crippen LogP contribution >= 0.6 is 0 Å². The minimum Gasteiger partial charge on any atom is -0.378 e. The lowest BCUT2D eigenvalue weighted by molar-refractivity contribution is 0.122. The molecule has 1 N–H and O–H groups in total. The van der Waals surface area contributed by atoms with Gasteiger partial charge in [-0.3, -0.25) is 9.50 Å². The maximum atomic E-state index is 13.6. The lowest BCUT2D eigenvalue weighted by atomic mass is 10.0. The number of anilines is 1. The van der Waals surface area contributed by atoms with E-state index < -0.39 is 0 Å². The van der Waals surface area contributed by atoms with E-state index in [0.29, 0.717) is 13.2 Å². The fraction of sp³-hybridized carbons (Fsp3) is 0.174. The molecule has 0 aliphatic carbocycles. The Morgan fingerprint density at radius 1 is 1.00 bits per heavy atom. The number of H-pyrrole nitrogens is 1. The SMILES string of the molecule is Fc1ccc(-c2nc3c(N4CCOCC4)nccn3c2-c2ccc3[nH]ncc3c2)cc1. The van der Waals surface area contributed by atoms with Crippen LogP contribution in [0.4, 0.5) is 10.2 Å². The summed E-state index contributed by atoms with van der Waals surface area (Å²) >= 11 is 0. The Morgan fingerprint density at radius 3 is 2.65 bits per heavy atom. The van der Waals surface area contributed by atoms with Crippen LogP contribution in [0.3, 0.4) is 0 Å². The number of imidazole rings is 1. The molecule has 0 saturated carbocycles. The third-order valence-corrected chi connectivity index (χ3v) is 5.67. The van der Waals surface area contributed by atoms with Crippen LogP contribution in [-0.2, 0) is 4.74 Å². The molecule has 0 radical (unpaired) electrons. The van der Waals surface area contributed by atoms with Crippen LogP contribution in [0.2, 0.25) is 0 Å². The first-order valence-electron chi connectivity index (χ1n) is 10.2. The Labute approximate surface area is 177 Å². The second-order valence-electron chi connectivity index (χ2n) is 7.53. The van der Waals surface area contributed by atoms with E-state index in [-0.39, 0.29) is 5.82 Å². The number of aromatic nitrogens is 5. The van der Waals surface area contributed by atoms with Crippen LogP contribution in [0, 0.1) is 5.82 Å². The van der Waals surface area contributed by atoms with Crippen molar-refractivity contribution < 1.29 is 9.13 Å². The van der Waals surface area contributed by atoms with Crippen molar-refractivity contribution in [2.75, 3.05) is 31.2 Å². The van der Waals surface area contributed by atoms with Crippen LogP contribution in [0.15, 0.2) is 61.1 Å². The van der Waals surface area contributed by atoms with Gasteiger partial charge in [0.05, 0.1) is 36.3 Å². The van der Waals surface area contributed by atoms with E-state index >= 15 is 0 Å². The summed E-state index contributed by atoms with van der Waals surface area (Å²) in [5.41, 5.74) is 5.30. The van der Waals surface area contributed by atoms with Gasteiger partial charge in [-0.05, 0) is 36.4 Å². The van der Waals surface area contributed by atoms with Crippen LogP contribution in [0.1, 0.15) is 0 Å². The third-order valence-electron chi connectivity index (χ3n) is 5.67. The van der Waals surface area contributed by atoms with Crippen molar-refractivity contribution in [3.63, 3.8) is 0 Å². The second-order valence-corrected chi connectivity index (χ2v) is 7.53. The number of fused-ring (bicyclic) bond motifs is 2. The van der Waals surface area contributed by atoms with Crippen LogP contribution in [0.25, 0.3) is 39.1 Å². The number of rotatable bonds is 3. The molecular formula is C23H19FN6O. The molecule has 6 rings (SSSR count). The monoisotopic (exact) mass is 414 g/mol. The quantitative estimate of drug-likeness (QED) is 0.485. The molecule has 2 aromatic carbocycles. The molecule has 1 saturated heterocycles. The summed E-state index contributed by atoms with van der Waals surface area (Å²) in [6, 6.07) is 12.6. The Hall–Kier alpha value is -3.78. The standard InChI is InChI=1S/C23H19FN6O/c24-18-4-1-15(2-5-18)20-21(16-3-6-19-17(13-16)14-26-28-19)30-8-7-25-22(23(30)27-20)29-9-11-31-12-10-29/h1-8,13-14H,9-12H2,(H,26,28). The summed E-state index contributed by atoms with van der Waals surface area (Å²) in [5.74, 6) is 0.550. The summed E-state index contributed by atoms with van der Waals surface area (Å²) in [4.78, 5) is 11.8. The van der Waals surface area contributed by atoms with Crippen molar-refractivity contribution in [1.82, 2.24) is 24.6 Å². The molecular weight excluding hydrogens is 395 g/mol. The van der Waals surface area contributed by atoms with Crippen molar-refractivity contribution in [2.24, 2.45) is 0 Å². The van der Waals surface area contributed by atoms with Crippen molar-refractivity contribution in [3.8, 4) is 22.5 Å². The number of benzene rings is 2. The van der Waals surface area contributed by atoms with Gasteiger partial charge in [0.25, 0.3) is 0 Å². The predicted molar refractivity (Wildman–Crippen MR) is 117 cm³/mol. The van der Waals surface area contributed by atoms with E-state index in [1.54, 1.807) is 24.5 Å². The van der Waals surface area contributed by atoms with Crippen molar-refractivity contribution in [2.45, 2.75) is 0 Å². The largest absolute Gasteiger partial charge is 0.378 e. The topological polar surface area (TPSA) is 71.3 Å². The zero-order chi connectivity index (χ0) is 20.8. The average Bonchev–Trinajstić information content (AvgIpc) is 3.44. The van der Waals surface area contributed by atoms with Crippen molar-refractivity contribution in [1.29, 1.82) is 0 Å². The van der Waals surface area contributed by atoms with E-state index in [0.717, 1.165) is 58.0 Å². The minimum atomic E-state index is -0.274. The number of nitrogens with one attached hydrogen (secondary N) is 1. The van der Waals surface area contributed by atoms with E-state index in [2.05, 4.69) is 30.5 Å². The van der Waals surface area contributed by atoms with Crippen LogP contribution in [0.5, 0.6) is 0 Å². The summed E-state index contributed by atoms with van der Waals surface area (Å²) in [6.45, 7) is 2.86.